The quantitative estimate of drug-likeness (QED) is 0.476. The monoisotopic (exact) mass is 542 g/mol. The third-order valence-electron chi connectivity index (χ3n) is 7.63. The van der Waals surface area contributed by atoms with Crippen LogP contribution in [0.5, 0.6) is 0 Å². The van der Waals surface area contributed by atoms with Crippen molar-refractivity contribution in [2.75, 3.05) is 0 Å². The number of amides is 3. The number of benzene rings is 2. The van der Waals surface area contributed by atoms with Gasteiger partial charge in [0.15, 0.2) is 0 Å². The molecule has 2 N–H and O–H groups in total. The van der Waals surface area contributed by atoms with E-state index >= 15 is 0 Å². The highest BCUT2D eigenvalue weighted by atomic mass is 16.2. The van der Waals surface area contributed by atoms with Crippen molar-refractivity contribution in [2.45, 2.75) is 77.5 Å². The standard InChI is InChI=1S/C31H38N6O3/c1-19(2)16-25-28(38)33-26(23-17-21-8-6-7-9-22(21)18-23)30(40)37(25)27(29(39)34-31(3,4)5)20-10-12-24(13-11-20)36-15-14-32-35-36/h6-15,19,23,25-27H,16-18H2,1-5H3,(H,33,38)(H,34,39)/t25-,26-,27-/m1/s1. The van der Waals surface area contributed by atoms with Crippen molar-refractivity contribution < 1.29 is 14.4 Å². The van der Waals surface area contributed by atoms with Crippen molar-refractivity contribution >= 4 is 17.7 Å². The van der Waals surface area contributed by atoms with E-state index in [4.69, 9.17) is 0 Å². The van der Waals surface area contributed by atoms with Crippen molar-refractivity contribution in [1.82, 2.24) is 30.5 Å². The molecular weight excluding hydrogens is 504 g/mol. The normalized spacial score (nSPS) is 20.4. The Hall–Kier alpha value is -4.01. The summed E-state index contributed by atoms with van der Waals surface area (Å²) >= 11 is 0. The second-order valence-electron chi connectivity index (χ2n) is 12.4. The summed E-state index contributed by atoms with van der Waals surface area (Å²) in [7, 11) is 0. The molecule has 1 saturated heterocycles. The maximum atomic E-state index is 14.4. The highest BCUT2D eigenvalue weighted by molar-refractivity contribution is 6.00. The molecule has 1 fully saturated rings. The average Bonchev–Trinajstić information content (AvgIpc) is 3.57. The number of hydrogen-bond acceptors (Lipinski definition) is 5. The molecule has 3 amide bonds. The van der Waals surface area contributed by atoms with E-state index in [9.17, 15) is 14.4 Å². The molecule has 0 spiro atoms. The van der Waals surface area contributed by atoms with Gasteiger partial charge >= 0.3 is 0 Å². The van der Waals surface area contributed by atoms with Crippen molar-refractivity contribution in [2.24, 2.45) is 11.8 Å². The van der Waals surface area contributed by atoms with Gasteiger partial charge in [-0.2, -0.15) is 0 Å². The van der Waals surface area contributed by atoms with Crippen LogP contribution in [0.1, 0.15) is 63.8 Å². The third kappa shape index (κ3) is 5.64. The van der Waals surface area contributed by atoms with Crippen molar-refractivity contribution in [3.63, 3.8) is 0 Å². The lowest BCUT2D eigenvalue weighted by molar-refractivity contribution is -0.158. The molecule has 0 unspecified atom stereocenters. The number of rotatable bonds is 7. The molecule has 1 aromatic heterocycles. The van der Waals surface area contributed by atoms with Crippen LogP contribution in [0.3, 0.4) is 0 Å². The third-order valence-corrected chi connectivity index (χ3v) is 7.63. The van der Waals surface area contributed by atoms with Crippen LogP contribution in [-0.2, 0) is 27.2 Å². The number of fused-ring (bicyclic) bond motifs is 1. The van der Waals surface area contributed by atoms with Crippen molar-refractivity contribution in [1.29, 1.82) is 0 Å². The lowest BCUT2D eigenvalue weighted by Crippen LogP contribution is -2.67. The van der Waals surface area contributed by atoms with Crippen LogP contribution in [0.4, 0.5) is 0 Å². The summed E-state index contributed by atoms with van der Waals surface area (Å²) in [5.74, 6) is -0.664. The minimum absolute atomic E-state index is 0.0719. The SMILES string of the molecule is CC(C)C[C@@H]1C(=O)N[C@H](C2Cc3ccccc3C2)C(=O)N1[C@@H](C(=O)NC(C)(C)C)c1ccc(-n2ccnn2)cc1. The Labute approximate surface area is 235 Å². The molecule has 1 aliphatic carbocycles. The molecule has 2 heterocycles. The van der Waals surface area contributed by atoms with E-state index in [0.29, 0.717) is 24.8 Å². The average molecular weight is 543 g/mol. The maximum absolute atomic E-state index is 14.4. The van der Waals surface area contributed by atoms with Gasteiger partial charge in [0.2, 0.25) is 17.7 Å². The minimum atomic E-state index is -0.974. The Morgan fingerprint density at radius 2 is 1.70 bits per heavy atom. The van der Waals surface area contributed by atoms with E-state index in [1.165, 1.54) is 11.1 Å². The summed E-state index contributed by atoms with van der Waals surface area (Å²) in [4.78, 5) is 43.7. The second kappa shape index (κ2) is 10.9. The van der Waals surface area contributed by atoms with Gasteiger partial charge in [-0.3, -0.25) is 14.4 Å². The summed E-state index contributed by atoms with van der Waals surface area (Å²) in [6.07, 6.45) is 5.20. The summed E-state index contributed by atoms with van der Waals surface area (Å²) < 4.78 is 1.63. The zero-order valence-corrected chi connectivity index (χ0v) is 23.8. The molecule has 0 radical (unpaired) electrons. The van der Waals surface area contributed by atoms with Gasteiger partial charge in [-0.15, -0.1) is 5.10 Å². The highest BCUT2D eigenvalue weighted by Crippen LogP contribution is 2.35. The molecule has 9 heteroatoms. The molecule has 5 rings (SSSR count). The van der Waals surface area contributed by atoms with E-state index in [2.05, 4.69) is 33.1 Å². The highest BCUT2D eigenvalue weighted by Gasteiger charge is 2.49. The van der Waals surface area contributed by atoms with Gasteiger partial charge in [0.25, 0.3) is 0 Å². The molecule has 40 heavy (non-hydrogen) atoms. The summed E-state index contributed by atoms with van der Waals surface area (Å²) in [6, 6.07) is 13.1. The number of nitrogens with zero attached hydrogens (tertiary/aromatic N) is 4. The van der Waals surface area contributed by atoms with Gasteiger partial charge in [-0.25, -0.2) is 4.68 Å². The van der Waals surface area contributed by atoms with Gasteiger partial charge in [0, 0.05) is 5.54 Å². The first-order valence-electron chi connectivity index (χ1n) is 14.0. The van der Waals surface area contributed by atoms with Crippen LogP contribution in [0.25, 0.3) is 5.69 Å². The van der Waals surface area contributed by atoms with Crippen molar-refractivity contribution in [3.8, 4) is 5.69 Å². The van der Waals surface area contributed by atoms with Gasteiger partial charge < -0.3 is 15.5 Å². The first-order valence-corrected chi connectivity index (χ1v) is 14.0. The van der Waals surface area contributed by atoms with E-state index in [1.54, 1.807) is 22.0 Å². The Morgan fingerprint density at radius 3 is 2.25 bits per heavy atom. The van der Waals surface area contributed by atoms with Gasteiger partial charge in [-0.05, 0) is 80.7 Å². The Morgan fingerprint density at radius 1 is 1.05 bits per heavy atom. The molecule has 3 atom stereocenters. The fourth-order valence-corrected chi connectivity index (χ4v) is 5.91. The Bertz CT molecular complexity index is 1350. The predicted octanol–water partition coefficient (Wildman–Crippen LogP) is 3.38. The molecule has 1 aliphatic heterocycles. The first kappa shape index (κ1) is 27.6. The zero-order valence-electron chi connectivity index (χ0n) is 23.8. The summed E-state index contributed by atoms with van der Waals surface area (Å²) in [5.41, 5.74) is 3.29. The van der Waals surface area contributed by atoms with Gasteiger partial charge in [-0.1, -0.05) is 55.5 Å². The number of piperazine rings is 1. The summed E-state index contributed by atoms with van der Waals surface area (Å²) in [6.45, 7) is 9.76. The van der Waals surface area contributed by atoms with Crippen molar-refractivity contribution in [3.05, 3.63) is 77.6 Å². The van der Waals surface area contributed by atoms with Gasteiger partial charge in [0.05, 0.1) is 18.1 Å². The molecule has 210 valence electrons. The fraction of sp³-hybridized carbons (Fsp3) is 0.452. The molecule has 0 saturated carbocycles. The smallest absolute Gasteiger partial charge is 0.247 e. The molecule has 2 aromatic carbocycles. The topological polar surface area (TPSA) is 109 Å². The second-order valence-corrected chi connectivity index (χ2v) is 12.4. The first-order chi connectivity index (χ1) is 19.0. The minimum Gasteiger partial charge on any atom is -0.349 e. The number of aromatic nitrogens is 3. The van der Waals surface area contributed by atoms with Crippen LogP contribution in [0.2, 0.25) is 0 Å². The zero-order chi connectivity index (χ0) is 28.6. The maximum Gasteiger partial charge on any atom is 0.247 e. The Kier molecular flexibility index (Phi) is 7.49. The van der Waals surface area contributed by atoms with Crippen LogP contribution in [-0.4, -0.2) is 55.2 Å². The largest absolute Gasteiger partial charge is 0.349 e. The lowest BCUT2D eigenvalue weighted by Gasteiger charge is -2.45. The molecule has 3 aromatic rings. The van der Waals surface area contributed by atoms with E-state index in [0.717, 1.165) is 5.69 Å². The predicted molar refractivity (Wildman–Crippen MR) is 151 cm³/mol. The molecule has 9 nitrogen and oxygen atoms in total. The van der Waals surface area contributed by atoms with E-state index in [1.807, 2.05) is 71.0 Å². The number of carbonyl (C=O) groups excluding carboxylic acids is 3. The molecule has 2 aliphatic rings. The fourth-order valence-electron chi connectivity index (χ4n) is 5.91. The number of carbonyl (C=O) groups is 3. The summed E-state index contributed by atoms with van der Waals surface area (Å²) in [5, 5.41) is 14.1. The van der Waals surface area contributed by atoms with Crippen LogP contribution < -0.4 is 10.6 Å². The van der Waals surface area contributed by atoms with E-state index < -0.39 is 23.7 Å². The lowest BCUT2D eigenvalue weighted by atomic mass is 9.87. The molecule has 0 bridgehead atoms. The number of hydrogen-bond donors (Lipinski definition) is 2. The van der Waals surface area contributed by atoms with Crippen LogP contribution in [0.15, 0.2) is 60.9 Å². The molecular formula is C31H38N6O3. The van der Waals surface area contributed by atoms with Gasteiger partial charge in [0.1, 0.15) is 18.1 Å². The van der Waals surface area contributed by atoms with Crippen LogP contribution >= 0.6 is 0 Å². The number of nitrogens with one attached hydrogen (secondary N) is 2. The van der Waals surface area contributed by atoms with E-state index in [-0.39, 0.29) is 29.6 Å². The van der Waals surface area contributed by atoms with Crippen LogP contribution in [0, 0.1) is 11.8 Å². The Balaban J connectivity index is 1.55.